The number of nitrogens with one attached hydrogen (secondary N) is 1. The molecule has 0 saturated carbocycles. The third kappa shape index (κ3) is 10.9. The number of hydrogen-bond acceptors (Lipinski definition) is 7. The van der Waals surface area contributed by atoms with Gasteiger partial charge in [0.2, 0.25) is 0 Å². The number of aromatic nitrogens is 2. The van der Waals surface area contributed by atoms with E-state index in [1.165, 1.54) is 0 Å². The molecule has 0 aliphatic carbocycles. The van der Waals surface area contributed by atoms with E-state index < -0.39 is 16.8 Å². The Morgan fingerprint density at radius 2 is 1.77 bits per heavy atom. The summed E-state index contributed by atoms with van der Waals surface area (Å²) < 4.78 is 26.6. The number of ether oxygens (including phenoxy) is 2. The maximum absolute atomic E-state index is 13.5. The molecule has 11 heteroatoms. The van der Waals surface area contributed by atoms with Crippen LogP contribution < -0.4 is 15.0 Å². The normalized spacial score (nSPS) is 15.1. The van der Waals surface area contributed by atoms with E-state index in [1.807, 2.05) is 34.9 Å². The molecule has 0 radical (unpaired) electrons. The summed E-state index contributed by atoms with van der Waals surface area (Å²) in [4.78, 5) is 32.0. The van der Waals surface area contributed by atoms with Crippen LogP contribution >= 0.6 is 0 Å². The van der Waals surface area contributed by atoms with Crippen molar-refractivity contribution in [1.29, 1.82) is 0 Å². The van der Waals surface area contributed by atoms with Gasteiger partial charge >= 0.3 is 5.97 Å². The van der Waals surface area contributed by atoms with E-state index in [1.54, 1.807) is 43.7 Å². The lowest BCUT2D eigenvalue weighted by molar-refractivity contribution is -0.137. The molecule has 52 heavy (non-hydrogen) atoms. The van der Waals surface area contributed by atoms with Crippen molar-refractivity contribution in [2.75, 3.05) is 43.1 Å². The average molecular weight is 727 g/mol. The Kier molecular flexibility index (Phi) is 14.2. The molecule has 1 aliphatic heterocycles. The summed E-state index contributed by atoms with van der Waals surface area (Å²) in [6.07, 6.45) is 9.46. The molecule has 1 saturated heterocycles. The van der Waals surface area contributed by atoms with Crippen molar-refractivity contribution >= 4 is 40.1 Å². The van der Waals surface area contributed by atoms with Crippen molar-refractivity contribution in [3.8, 4) is 16.9 Å². The largest absolute Gasteiger partial charge is 0.491 e. The van der Waals surface area contributed by atoms with Gasteiger partial charge in [0.05, 0.1) is 35.2 Å². The second-order valence-corrected chi connectivity index (χ2v) is 14.6. The molecule has 1 amide bonds. The highest BCUT2D eigenvalue weighted by Crippen LogP contribution is 2.34. The second kappa shape index (κ2) is 19.2. The van der Waals surface area contributed by atoms with Gasteiger partial charge in [-0.2, -0.15) is 0 Å². The Hall–Kier alpha value is -4.74. The lowest BCUT2D eigenvalue weighted by atomic mass is 9.99. The topological polar surface area (TPSA) is 123 Å². The number of hydrogen-bond donors (Lipinski definition) is 2. The highest BCUT2D eigenvalue weighted by Gasteiger charge is 2.26. The monoisotopic (exact) mass is 726 g/mol. The molecule has 4 aromatic rings. The number of amides is 1. The molecular formula is C41H50N4O6S. The SMILES string of the molecule is CCCCOCCOc1ccc(-c2ccc(N3CCC(CC(=O)O)C3)c(C=C(C)C(=O)Nc3ccc([S@@](=O)Cc4cncn4CCC)cc3)c2)cc1. The minimum Gasteiger partial charge on any atom is -0.491 e. The molecule has 1 aliphatic rings. The Bertz CT molecular complexity index is 1840. The zero-order chi connectivity index (χ0) is 36.9. The minimum atomic E-state index is -1.25. The fourth-order valence-electron chi connectivity index (χ4n) is 6.26. The number of aliphatic carboxylic acids is 1. The standard InChI is InChI=1S/C41H50N4O6S/c1-4-6-20-50-21-22-51-37-12-7-32(8-13-37)33-9-16-39(44-19-17-31(27-44)24-40(46)47)34(25-33)23-30(3)41(48)43-35-10-14-38(15-11-35)52(49)28-36-26-42-29-45(36)18-5-2/h7-16,23,25-26,29,31H,4-6,17-22,24,27-28H2,1-3H3,(H,43,48)(H,46,47)/t31?,52-/m0/s1. The molecule has 1 aromatic heterocycles. The van der Waals surface area contributed by atoms with Crippen LogP contribution in [0.2, 0.25) is 0 Å². The number of anilines is 2. The first-order valence-electron chi connectivity index (χ1n) is 18.1. The number of aryl methyl sites for hydroxylation is 1. The maximum Gasteiger partial charge on any atom is 0.303 e. The summed E-state index contributed by atoms with van der Waals surface area (Å²) >= 11 is 0. The summed E-state index contributed by atoms with van der Waals surface area (Å²) in [6, 6.07) is 21.2. The first kappa shape index (κ1) is 38.5. The fraction of sp³-hybridized carbons (Fsp3) is 0.390. The van der Waals surface area contributed by atoms with Crippen molar-refractivity contribution in [1.82, 2.24) is 9.55 Å². The van der Waals surface area contributed by atoms with Gasteiger partial charge in [-0.15, -0.1) is 0 Å². The Morgan fingerprint density at radius 1 is 1.00 bits per heavy atom. The quantitative estimate of drug-likeness (QED) is 0.0742. The molecule has 2 atom stereocenters. The van der Waals surface area contributed by atoms with Crippen molar-refractivity contribution < 1.29 is 28.4 Å². The smallest absolute Gasteiger partial charge is 0.303 e. The molecule has 2 N–H and O–H groups in total. The van der Waals surface area contributed by atoms with Crippen LogP contribution in [0.25, 0.3) is 17.2 Å². The number of nitrogens with zero attached hydrogens (tertiary/aromatic N) is 3. The molecule has 3 aromatic carbocycles. The summed E-state index contributed by atoms with van der Waals surface area (Å²) in [6.45, 7) is 10.0. The van der Waals surface area contributed by atoms with Crippen molar-refractivity contribution in [2.45, 2.75) is 70.1 Å². The lowest BCUT2D eigenvalue weighted by Crippen LogP contribution is -2.21. The van der Waals surface area contributed by atoms with E-state index in [2.05, 4.69) is 47.2 Å². The van der Waals surface area contributed by atoms with Crippen LogP contribution in [0.15, 0.2) is 89.7 Å². The van der Waals surface area contributed by atoms with Crippen LogP contribution in [-0.2, 0) is 37.4 Å². The van der Waals surface area contributed by atoms with E-state index in [-0.39, 0.29) is 18.2 Å². The van der Waals surface area contributed by atoms with Crippen LogP contribution in [0, 0.1) is 5.92 Å². The van der Waals surface area contributed by atoms with Crippen molar-refractivity contribution in [3.63, 3.8) is 0 Å². The van der Waals surface area contributed by atoms with Crippen molar-refractivity contribution in [3.05, 3.63) is 96.1 Å². The number of carboxylic acid groups (broad SMARTS) is 1. The molecule has 0 bridgehead atoms. The Balaban J connectivity index is 1.29. The number of carbonyl (C=O) groups is 2. The third-order valence-corrected chi connectivity index (χ3v) is 10.4. The summed E-state index contributed by atoms with van der Waals surface area (Å²) in [5.41, 5.74) is 5.87. The minimum absolute atomic E-state index is 0.0683. The van der Waals surface area contributed by atoms with Gasteiger partial charge in [0.1, 0.15) is 12.4 Å². The molecule has 1 unspecified atom stereocenters. The summed E-state index contributed by atoms with van der Waals surface area (Å²) in [5.74, 6) is 0.172. The first-order valence-corrected chi connectivity index (χ1v) is 19.4. The highest BCUT2D eigenvalue weighted by atomic mass is 32.2. The zero-order valence-electron chi connectivity index (χ0n) is 30.4. The van der Waals surface area contributed by atoms with Crippen LogP contribution in [0.5, 0.6) is 5.75 Å². The second-order valence-electron chi connectivity index (χ2n) is 13.2. The number of imidazole rings is 1. The number of carbonyl (C=O) groups excluding carboxylic acids is 1. The van der Waals surface area contributed by atoms with Gasteiger partial charge in [-0.3, -0.25) is 13.8 Å². The van der Waals surface area contributed by atoms with Gasteiger partial charge in [-0.05, 0) is 103 Å². The van der Waals surface area contributed by atoms with E-state index in [0.29, 0.717) is 41.7 Å². The Morgan fingerprint density at radius 3 is 2.50 bits per heavy atom. The van der Waals surface area contributed by atoms with Crippen molar-refractivity contribution in [2.24, 2.45) is 5.92 Å². The van der Waals surface area contributed by atoms with Crippen LogP contribution in [0.1, 0.15) is 64.1 Å². The highest BCUT2D eigenvalue weighted by molar-refractivity contribution is 7.84. The lowest BCUT2D eigenvalue weighted by Gasteiger charge is -2.22. The fourth-order valence-corrected chi connectivity index (χ4v) is 7.38. The predicted molar refractivity (Wildman–Crippen MR) is 207 cm³/mol. The third-order valence-electron chi connectivity index (χ3n) is 9.09. The van der Waals surface area contributed by atoms with Gasteiger partial charge in [0, 0.05) is 60.7 Å². The molecule has 276 valence electrons. The maximum atomic E-state index is 13.5. The predicted octanol–water partition coefficient (Wildman–Crippen LogP) is 7.81. The van der Waals surface area contributed by atoms with Crippen LogP contribution in [0.3, 0.4) is 0 Å². The van der Waals surface area contributed by atoms with Crippen LogP contribution in [-0.4, -0.2) is 63.7 Å². The molecule has 1 fully saturated rings. The first-order chi connectivity index (χ1) is 25.2. The van der Waals surface area contributed by atoms with E-state index in [4.69, 9.17) is 9.47 Å². The summed E-state index contributed by atoms with van der Waals surface area (Å²) in [7, 11) is -1.25. The Labute approximate surface area is 309 Å². The number of rotatable bonds is 19. The van der Waals surface area contributed by atoms with Gasteiger partial charge < -0.3 is 29.4 Å². The van der Waals surface area contributed by atoms with E-state index >= 15 is 0 Å². The van der Waals surface area contributed by atoms with E-state index in [9.17, 15) is 18.9 Å². The molecule has 5 rings (SSSR count). The molecular weight excluding hydrogens is 677 g/mol. The molecule has 0 spiro atoms. The molecule has 10 nitrogen and oxygen atoms in total. The van der Waals surface area contributed by atoms with Gasteiger partial charge in [-0.1, -0.05) is 38.5 Å². The van der Waals surface area contributed by atoms with E-state index in [0.717, 1.165) is 79.2 Å². The average Bonchev–Trinajstić information content (AvgIpc) is 3.79. The van der Waals surface area contributed by atoms with Gasteiger partial charge in [-0.25, -0.2) is 4.98 Å². The number of carboxylic acids is 1. The summed E-state index contributed by atoms with van der Waals surface area (Å²) in [5, 5.41) is 12.4. The molecule has 2 heterocycles. The number of benzene rings is 3. The van der Waals surface area contributed by atoms with Gasteiger partial charge in [0.25, 0.3) is 5.91 Å². The zero-order valence-corrected chi connectivity index (χ0v) is 31.2. The van der Waals surface area contributed by atoms with Gasteiger partial charge in [0.15, 0.2) is 0 Å². The number of unbranched alkanes of at least 4 members (excludes halogenated alkanes) is 1. The van der Waals surface area contributed by atoms with Crippen LogP contribution in [0.4, 0.5) is 11.4 Å².